The highest BCUT2D eigenvalue weighted by Crippen LogP contribution is 1.96. The molecule has 0 aromatic heterocycles. The number of nitrogens with one attached hydrogen (secondary N) is 2. The molecule has 1 aliphatic heterocycles. The van der Waals surface area contributed by atoms with E-state index in [0.29, 0.717) is 0 Å². The van der Waals surface area contributed by atoms with Crippen molar-refractivity contribution in [2.45, 2.75) is 0 Å². The van der Waals surface area contributed by atoms with E-state index in [1.807, 2.05) is 5.32 Å². The Bertz CT molecular complexity index is 239. The first-order valence-electron chi connectivity index (χ1n) is 3.15. The first-order valence-corrected chi connectivity index (χ1v) is 3.15. The van der Waals surface area contributed by atoms with Gasteiger partial charge in [-0.2, -0.15) is 0 Å². The minimum Gasteiger partial charge on any atom is -0.306 e. The molecule has 7 nitrogen and oxygen atoms in total. The Morgan fingerprint density at radius 3 is 2.75 bits per heavy atom. The molecule has 0 aliphatic carbocycles. The number of nitrogens with zero attached hydrogens (tertiary/aromatic N) is 1. The lowest BCUT2D eigenvalue weighted by Gasteiger charge is -2.09. The molecule has 0 saturated carbocycles. The Balaban J connectivity index is 2.48. The molecule has 0 unspecified atom stereocenters. The van der Waals surface area contributed by atoms with Gasteiger partial charge in [0.05, 0.1) is 0 Å². The van der Waals surface area contributed by atoms with Crippen molar-refractivity contribution in [1.29, 1.82) is 0 Å². The molecular weight excluding hydrogens is 166 g/mol. The van der Waals surface area contributed by atoms with Gasteiger partial charge in [-0.15, -0.1) is 0 Å². The number of carbonyl (C=O) groups excluding carboxylic acids is 3. The van der Waals surface area contributed by atoms with Crippen LogP contribution in [0.2, 0.25) is 0 Å². The summed E-state index contributed by atoms with van der Waals surface area (Å²) in [5.41, 5.74) is 1.36. The predicted molar refractivity (Wildman–Crippen MR) is 35.0 cm³/mol. The monoisotopic (exact) mass is 173 g/mol. The molecule has 0 radical (unpaired) electrons. The van der Waals surface area contributed by atoms with Crippen LogP contribution in [0.5, 0.6) is 0 Å². The second-order valence-corrected chi connectivity index (χ2v) is 2.24. The molecule has 1 rings (SSSR count). The van der Waals surface area contributed by atoms with E-state index >= 15 is 0 Å². The van der Waals surface area contributed by atoms with Crippen LogP contribution < -0.4 is 10.8 Å². The first-order chi connectivity index (χ1) is 5.63. The number of hydrogen-bond donors (Lipinski definition) is 3. The number of urea groups is 1. The normalized spacial score (nSPS) is 16.2. The maximum absolute atomic E-state index is 10.8. The average molecular weight is 173 g/mol. The number of hydrogen-bond acceptors (Lipinski definition) is 4. The van der Waals surface area contributed by atoms with E-state index in [4.69, 9.17) is 5.21 Å². The molecule has 0 aromatic carbocycles. The summed E-state index contributed by atoms with van der Waals surface area (Å²) >= 11 is 0. The van der Waals surface area contributed by atoms with Gasteiger partial charge in [-0.05, 0) is 0 Å². The third-order valence-electron chi connectivity index (χ3n) is 1.33. The second kappa shape index (κ2) is 3.18. The minimum absolute atomic E-state index is 0.147. The average Bonchev–Trinajstić information content (AvgIpc) is 2.30. The molecule has 0 aromatic rings. The van der Waals surface area contributed by atoms with E-state index in [1.165, 1.54) is 5.48 Å². The van der Waals surface area contributed by atoms with Crippen LogP contribution in [0, 0.1) is 0 Å². The highest BCUT2D eigenvalue weighted by Gasteiger charge is 2.27. The summed E-state index contributed by atoms with van der Waals surface area (Å²) in [5.74, 6) is -1.19. The van der Waals surface area contributed by atoms with Crippen molar-refractivity contribution in [3.05, 3.63) is 0 Å². The molecule has 0 spiro atoms. The van der Waals surface area contributed by atoms with Gasteiger partial charge in [0.1, 0.15) is 13.1 Å². The molecule has 1 aliphatic rings. The summed E-state index contributed by atoms with van der Waals surface area (Å²) in [5, 5.41) is 10.1. The number of hydroxylamine groups is 1. The molecule has 1 saturated heterocycles. The van der Waals surface area contributed by atoms with Gasteiger partial charge >= 0.3 is 6.03 Å². The standard InChI is InChI=1S/C5H7N3O4/c9-3-1-8(5(11)6-3)2-4(10)7-12/h12H,1-2H2,(H,7,10)(H,6,9,11). The third kappa shape index (κ3) is 1.70. The maximum atomic E-state index is 10.8. The molecule has 12 heavy (non-hydrogen) atoms. The summed E-state index contributed by atoms with van der Waals surface area (Å²) in [6.07, 6.45) is 0. The van der Waals surface area contributed by atoms with Gasteiger partial charge in [0.15, 0.2) is 0 Å². The van der Waals surface area contributed by atoms with Crippen LogP contribution >= 0.6 is 0 Å². The molecule has 66 valence electrons. The van der Waals surface area contributed by atoms with Gasteiger partial charge in [0.2, 0.25) is 5.91 Å². The Kier molecular flexibility index (Phi) is 2.24. The molecule has 3 N–H and O–H groups in total. The Hall–Kier alpha value is -1.63. The predicted octanol–water partition coefficient (Wildman–Crippen LogP) is -1.96. The second-order valence-electron chi connectivity index (χ2n) is 2.24. The van der Waals surface area contributed by atoms with Crippen LogP contribution in [0.4, 0.5) is 4.79 Å². The zero-order valence-corrected chi connectivity index (χ0v) is 6.03. The lowest BCUT2D eigenvalue weighted by molar-refractivity contribution is -0.129. The van der Waals surface area contributed by atoms with Gasteiger partial charge in [-0.25, -0.2) is 10.3 Å². The molecule has 1 heterocycles. The molecule has 0 atom stereocenters. The van der Waals surface area contributed by atoms with Gasteiger partial charge in [-0.3, -0.25) is 20.1 Å². The number of rotatable bonds is 2. The summed E-state index contributed by atoms with van der Waals surface area (Å²) in [4.78, 5) is 32.8. The fourth-order valence-corrected chi connectivity index (χ4v) is 0.819. The quantitative estimate of drug-likeness (QED) is 0.256. The van der Waals surface area contributed by atoms with Crippen LogP contribution in [0.3, 0.4) is 0 Å². The van der Waals surface area contributed by atoms with E-state index in [0.717, 1.165) is 4.90 Å². The summed E-state index contributed by atoms with van der Waals surface area (Å²) in [6.45, 7) is -0.472. The third-order valence-corrected chi connectivity index (χ3v) is 1.33. The van der Waals surface area contributed by atoms with Gasteiger partial charge in [0.25, 0.3) is 5.91 Å². The zero-order chi connectivity index (χ0) is 9.14. The summed E-state index contributed by atoms with van der Waals surface area (Å²) in [6, 6.07) is -0.622. The van der Waals surface area contributed by atoms with E-state index < -0.39 is 17.8 Å². The summed E-state index contributed by atoms with van der Waals surface area (Å²) in [7, 11) is 0. The lowest BCUT2D eigenvalue weighted by Crippen LogP contribution is -2.37. The largest absolute Gasteiger partial charge is 0.325 e. The van der Waals surface area contributed by atoms with Crippen molar-refractivity contribution >= 4 is 17.8 Å². The molecule has 4 amide bonds. The van der Waals surface area contributed by atoms with Crippen LogP contribution in [0.25, 0.3) is 0 Å². The number of carbonyl (C=O) groups is 3. The number of imide groups is 1. The number of amides is 4. The topological polar surface area (TPSA) is 98.7 Å². The van der Waals surface area contributed by atoms with Crippen LogP contribution in [-0.4, -0.2) is 41.0 Å². The lowest BCUT2D eigenvalue weighted by atomic mass is 10.5. The Labute approximate surface area is 67.3 Å². The Morgan fingerprint density at radius 2 is 2.33 bits per heavy atom. The van der Waals surface area contributed by atoms with Crippen LogP contribution in [0.1, 0.15) is 0 Å². The van der Waals surface area contributed by atoms with Crippen molar-refractivity contribution in [3.8, 4) is 0 Å². The van der Waals surface area contributed by atoms with Crippen molar-refractivity contribution in [2.24, 2.45) is 0 Å². The first kappa shape index (κ1) is 8.47. The zero-order valence-electron chi connectivity index (χ0n) is 6.03. The van der Waals surface area contributed by atoms with Crippen LogP contribution in [0.15, 0.2) is 0 Å². The van der Waals surface area contributed by atoms with Gasteiger partial charge in [-0.1, -0.05) is 0 Å². The van der Waals surface area contributed by atoms with Gasteiger partial charge in [0, 0.05) is 0 Å². The SMILES string of the molecule is O=C(CN1CC(=O)NC1=O)NO. The van der Waals surface area contributed by atoms with E-state index in [9.17, 15) is 14.4 Å². The fraction of sp³-hybridized carbons (Fsp3) is 0.400. The molecule has 0 bridgehead atoms. The van der Waals surface area contributed by atoms with Crippen molar-refractivity contribution < 1.29 is 19.6 Å². The van der Waals surface area contributed by atoms with Crippen LogP contribution in [-0.2, 0) is 9.59 Å². The fourth-order valence-electron chi connectivity index (χ4n) is 0.819. The maximum Gasteiger partial charge on any atom is 0.325 e. The van der Waals surface area contributed by atoms with E-state index in [2.05, 4.69) is 0 Å². The van der Waals surface area contributed by atoms with Crippen molar-refractivity contribution in [3.63, 3.8) is 0 Å². The van der Waals surface area contributed by atoms with Crippen molar-refractivity contribution in [1.82, 2.24) is 15.7 Å². The highest BCUT2D eigenvalue weighted by molar-refractivity contribution is 6.03. The molecule has 1 fully saturated rings. The van der Waals surface area contributed by atoms with Gasteiger partial charge < -0.3 is 4.90 Å². The molecule has 7 heteroatoms. The van der Waals surface area contributed by atoms with E-state index in [1.54, 1.807) is 0 Å². The summed E-state index contributed by atoms with van der Waals surface area (Å²) < 4.78 is 0. The minimum atomic E-state index is -0.736. The Morgan fingerprint density at radius 1 is 1.67 bits per heavy atom. The van der Waals surface area contributed by atoms with Crippen molar-refractivity contribution in [2.75, 3.05) is 13.1 Å². The van der Waals surface area contributed by atoms with E-state index in [-0.39, 0.29) is 13.1 Å². The smallest absolute Gasteiger partial charge is 0.306 e. The highest BCUT2D eigenvalue weighted by atomic mass is 16.5. The molecular formula is C5H7N3O4.